The summed E-state index contributed by atoms with van der Waals surface area (Å²) in [6.45, 7) is 31.4. The Labute approximate surface area is 268 Å². The molecular formula is C38H68ClN3. The fourth-order valence-corrected chi connectivity index (χ4v) is 4.90. The number of allylic oxidation sites excluding steroid dienone is 10. The first-order chi connectivity index (χ1) is 20.1. The molecule has 0 radical (unpaired) electrons. The molecule has 1 saturated heterocycles. The zero-order chi connectivity index (χ0) is 32.3. The lowest BCUT2D eigenvalue weighted by molar-refractivity contribution is 0.255. The van der Waals surface area contributed by atoms with Gasteiger partial charge in [0, 0.05) is 53.9 Å². The van der Waals surface area contributed by atoms with Crippen LogP contribution in [0.25, 0.3) is 0 Å². The molecule has 1 heterocycles. The van der Waals surface area contributed by atoms with Crippen molar-refractivity contribution < 1.29 is 0 Å². The van der Waals surface area contributed by atoms with Crippen LogP contribution in [0.15, 0.2) is 75.6 Å². The van der Waals surface area contributed by atoms with Crippen molar-refractivity contribution in [2.75, 3.05) is 19.6 Å². The van der Waals surface area contributed by atoms with Gasteiger partial charge in [-0.1, -0.05) is 123 Å². The molecule has 0 aromatic carbocycles. The van der Waals surface area contributed by atoms with Crippen molar-refractivity contribution in [2.24, 2.45) is 10.9 Å². The molecular weight excluding hydrogens is 534 g/mol. The van der Waals surface area contributed by atoms with Gasteiger partial charge in [0.15, 0.2) is 0 Å². The second-order valence-corrected chi connectivity index (χ2v) is 11.7. The Balaban J connectivity index is 0. The van der Waals surface area contributed by atoms with Gasteiger partial charge in [-0.15, -0.1) is 0 Å². The topological polar surface area (TPSA) is 27.6 Å². The van der Waals surface area contributed by atoms with Crippen molar-refractivity contribution in [3.63, 3.8) is 0 Å². The molecule has 1 N–H and O–H groups in total. The Bertz CT molecular complexity index is 886. The molecule has 1 aliphatic rings. The predicted molar refractivity (Wildman–Crippen MR) is 195 cm³/mol. The van der Waals surface area contributed by atoms with Crippen molar-refractivity contribution >= 4 is 17.3 Å². The zero-order valence-corrected chi connectivity index (χ0v) is 30.3. The van der Waals surface area contributed by atoms with Crippen LogP contribution in [0.4, 0.5) is 0 Å². The molecule has 0 aromatic rings. The fraction of sp³-hybridized carbons (Fsp3) is 0.658. The van der Waals surface area contributed by atoms with Crippen LogP contribution in [-0.2, 0) is 0 Å². The van der Waals surface area contributed by atoms with Crippen LogP contribution in [0.1, 0.15) is 134 Å². The van der Waals surface area contributed by atoms with E-state index in [0.29, 0.717) is 12.0 Å². The SMILES string of the molecule is C=C(/C=C(Cl)\C=C/CCC)CCC.CCCCC.C\C=C(C(/C(C)=N/C=C/CC)=C(/C)N1CCNC(C)C1)\C(C)CC. The maximum Gasteiger partial charge on any atom is 0.0464 e. The van der Waals surface area contributed by atoms with Crippen LogP contribution in [0.3, 0.4) is 0 Å². The molecule has 0 bridgehead atoms. The summed E-state index contributed by atoms with van der Waals surface area (Å²) in [4.78, 5) is 7.25. The smallest absolute Gasteiger partial charge is 0.0464 e. The number of hydrogen-bond donors (Lipinski definition) is 1. The molecule has 242 valence electrons. The average molecular weight is 602 g/mol. The minimum absolute atomic E-state index is 0.532. The van der Waals surface area contributed by atoms with Crippen molar-refractivity contribution in [3.05, 3.63) is 70.6 Å². The maximum atomic E-state index is 5.96. The number of nitrogens with zero attached hydrogens (tertiary/aromatic N) is 2. The molecule has 0 amide bonds. The van der Waals surface area contributed by atoms with Gasteiger partial charge >= 0.3 is 0 Å². The van der Waals surface area contributed by atoms with E-state index < -0.39 is 0 Å². The van der Waals surface area contributed by atoms with Gasteiger partial charge in [0.2, 0.25) is 0 Å². The van der Waals surface area contributed by atoms with E-state index >= 15 is 0 Å². The number of aliphatic imine (C=N–C) groups is 1. The van der Waals surface area contributed by atoms with E-state index in [9.17, 15) is 0 Å². The zero-order valence-electron chi connectivity index (χ0n) is 29.6. The second kappa shape index (κ2) is 28.0. The monoisotopic (exact) mass is 602 g/mol. The first-order valence-electron chi connectivity index (χ1n) is 16.8. The molecule has 4 heteroatoms. The summed E-state index contributed by atoms with van der Waals surface area (Å²) in [5.74, 6) is 0.542. The van der Waals surface area contributed by atoms with Gasteiger partial charge in [0.25, 0.3) is 0 Å². The Hall–Kier alpha value is -1.84. The summed E-state index contributed by atoms with van der Waals surface area (Å²) < 4.78 is 0. The quantitative estimate of drug-likeness (QED) is 0.149. The molecule has 3 nitrogen and oxygen atoms in total. The Morgan fingerprint density at radius 1 is 1.05 bits per heavy atom. The van der Waals surface area contributed by atoms with E-state index in [2.05, 4.69) is 111 Å². The third-order valence-corrected chi connectivity index (χ3v) is 7.51. The van der Waals surface area contributed by atoms with Crippen LogP contribution in [-0.4, -0.2) is 36.3 Å². The van der Waals surface area contributed by atoms with Crippen molar-refractivity contribution in [1.82, 2.24) is 10.2 Å². The third-order valence-electron chi connectivity index (χ3n) is 7.27. The van der Waals surface area contributed by atoms with Gasteiger partial charge in [-0.05, 0) is 77.0 Å². The first-order valence-corrected chi connectivity index (χ1v) is 17.2. The fourth-order valence-electron chi connectivity index (χ4n) is 4.66. The summed E-state index contributed by atoms with van der Waals surface area (Å²) >= 11 is 5.96. The Morgan fingerprint density at radius 3 is 2.19 bits per heavy atom. The molecule has 2 unspecified atom stereocenters. The van der Waals surface area contributed by atoms with Gasteiger partial charge in [-0.25, -0.2) is 0 Å². The predicted octanol–water partition coefficient (Wildman–Crippen LogP) is 11.9. The van der Waals surface area contributed by atoms with Crippen LogP contribution >= 0.6 is 11.6 Å². The molecule has 42 heavy (non-hydrogen) atoms. The average Bonchev–Trinajstić information content (AvgIpc) is 2.96. The lowest BCUT2D eigenvalue weighted by Gasteiger charge is -2.36. The lowest BCUT2D eigenvalue weighted by atomic mass is 9.87. The summed E-state index contributed by atoms with van der Waals surface area (Å²) in [6.07, 6.45) is 23.0. The Kier molecular flexibility index (Phi) is 28.2. The van der Waals surface area contributed by atoms with Crippen molar-refractivity contribution in [3.8, 4) is 0 Å². The van der Waals surface area contributed by atoms with Gasteiger partial charge in [0.1, 0.15) is 0 Å². The van der Waals surface area contributed by atoms with E-state index in [4.69, 9.17) is 16.6 Å². The van der Waals surface area contributed by atoms with Gasteiger partial charge in [0.05, 0.1) is 0 Å². The highest BCUT2D eigenvalue weighted by atomic mass is 35.5. The second-order valence-electron chi connectivity index (χ2n) is 11.3. The number of hydrogen-bond acceptors (Lipinski definition) is 3. The van der Waals surface area contributed by atoms with Gasteiger partial charge < -0.3 is 10.2 Å². The number of unbranched alkanes of at least 4 members (excludes halogenated alkanes) is 3. The van der Waals surface area contributed by atoms with Crippen molar-refractivity contribution in [1.29, 1.82) is 0 Å². The summed E-state index contributed by atoms with van der Waals surface area (Å²) in [6, 6.07) is 0.532. The third kappa shape index (κ3) is 20.1. The largest absolute Gasteiger partial charge is 0.372 e. The highest BCUT2D eigenvalue weighted by Crippen LogP contribution is 2.28. The van der Waals surface area contributed by atoms with E-state index in [0.717, 1.165) is 74.5 Å². The summed E-state index contributed by atoms with van der Waals surface area (Å²) in [5, 5.41) is 4.32. The van der Waals surface area contributed by atoms with Crippen LogP contribution in [0.5, 0.6) is 0 Å². The molecule has 1 rings (SSSR count). The van der Waals surface area contributed by atoms with Crippen LogP contribution in [0.2, 0.25) is 0 Å². The number of piperazine rings is 1. The van der Waals surface area contributed by atoms with E-state index in [1.807, 2.05) is 18.4 Å². The molecule has 0 spiro atoms. The van der Waals surface area contributed by atoms with E-state index in [-0.39, 0.29) is 0 Å². The highest BCUT2D eigenvalue weighted by Gasteiger charge is 2.22. The van der Waals surface area contributed by atoms with Gasteiger partial charge in [-0.3, -0.25) is 4.99 Å². The maximum absolute atomic E-state index is 5.96. The van der Waals surface area contributed by atoms with E-state index in [1.54, 1.807) is 0 Å². The first kappa shape index (κ1) is 42.3. The molecule has 0 aromatic heterocycles. The molecule has 0 aliphatic carbocycles. The van der Waals surface area contributed by atoms with Crippen molar-refractivity contribution in [2.45, 2.75) is 140 Å². The standard InChI is InChI=1S/C21H37N3.C12H19Cl.C5H12/c1-8-11-12-23-18(6)21(20(10-3)16(4)9-2)19(7)24-14-13-22-17(5)15-24;1-4-6-7-9-12(13)10-11(3)8-5-2;1-3-5-4-2/h10-12,16-17,22H,8-9,13-15H2,1-7H3;7,9-10H,3-6,8H2,1-2H3;3-5H2,1-2H3/b12-11+,20-10-,21-19-,23-18+;9-7-,12-10+;. The molecule has 0 saturated carbocycles. The van der Waals surface area contributed by atoms with Crippen LogP contribution < -0.4 is 5.32 Å². The molecule has 1 aliphatic heterocycles. The Morgan fingerprint density at radius 2 is 1.71 bits per heavy atom. The minimum atomic E-state index is 0.532. The molecule has 2 atom stereocenters. The number of rotatable bonds is 15. The minimum Gasteiger partial charge on any atom is -0.372 e. The highest BCUT2D eigenvalue weighted by molar-refractivity contribution is 6.31. The normalized spacial score (nSPS) is 17.9. The molecule has 1 fully saturated rings. The number of halogens is 1. The lowest BCUT2D eigenvalue weighted by Crippen LogP contribution is -2.48. The summed E-state index contributed by atoms with van der Waals surface area (Å²) in [5.41, 5.74) is 6.35. The number of nitrogens with one attached hydrogen (secondary N) is 1. The van der Waals surface area contributed by atoms with Gasteiger partial charge in [-0.2, -0.15) is 0 Å². The van der Waals surface area contributed by atoms with E-state index in [1.165, 1.54) is 36.1 Å². The summed E-state index contributed by atoms with van der Waals surface area (Å²) in [7, 11) is 0. The van der Waals surface area contributed by atoms with Crippen LogP contribution in [0, 0.1) is 5.92 Å².